The van der Waals surface area contributed by atoms with Crippen molar-refractivity contribution in [1.82, 2.24) is 5.32 Å². The highest BCUT2D eigenvalue weighted by Crippen LogP contribution is 2.01. The minimum Gasteiger partial charge on any atom is -0.465 e. The number of hydrogen-bond donors (Lipinski definition) is 5. The number of unbranched alkanes of at least 4 members (excludes halogenated alkanes) is 1. The molecule has 1 unspecified atom stereocenters. The van der Waals surface area contributed by atoms with Gasteiger partial charge in [0.15, 0.2) is 5.96 Å². The number of carbonyl (C=O) groups excluding carboxylic acids is 1. The molecular weight excluding hydrogens is 322 g/mol. The molecular formula is C17H29N5O3. The third kappa shape index (κ3) is 13.4. The van der Waals surface area contributed by atoms with E-state index in [0.717, 1.165) is 0 Å². The predicted molar refractivity (Wildman–Crippen MR) is 99.1 cm³/mol. The molecule has 2 amide bonds. The lowest BCUT2D eigenvalue weighted by molar-refractivity contribution is -0.120. The average Bonchev–Trinajstić information content (AvgIpc) is 2.54. The highest BCUT2D eigenvalue weighted by Gasteiger charge is 2.16. The number of benzene rings is 1. The SMILES string of the molecule is CCCc1ccccc1.NC(=O)C(CCCCN=C(N)N)NC(=O)O. The predicted octanol–water partition coefficient (Wildman–Crippen LogP) is 1.19. The van der Waals surface area contributed by atoms with Crippen LogP contribution in [0.2, 0.25) is 0 Å². The molecule has 8 N–H and O–H groups in total. The number of amides is 2. The Morgan fingerprint density at radius 3 is 2.28 bits per heavy atom. The summed E-state index contributed by atoms with van der Waals surface area (Å²) in [5.41, 5.74) is 16.7. The van der Waals surface area contributed by atoms with Crippen molar-refractivity contribution < 1.29 is 14.7 Å². The molecule has 0 aliphatic heterocycles. The Bertz CT molecular complexity index is 530. The first-order valence-corrected chi connectivity index (χ1v) is 8.24. The second-order valence-corrected chi connectivity index (χ2v) is 5.44. The molecule has 0 aliphatic rings. The van der Waals surface area contributed by atoms with Gasteiger partial charge in [-0.3, -0.25) is 9.79 Å². The number of primary amides is 1. The second-order valence-electron chi connectivity index (χ2n) is 5.44. The summed E-state index contributed by atoms with van der Waals surface area (Å²) in [6.45, 7) is 2.65. The minimum absolute atomic E-state index is 0.00936. The fourth-order valence-corrected chi connectivity index (χ4v) is 2.04. The van der Waals surface area contributed by atoms with E-state index in [4.69, 9.17) is 22.3 Å². The summed E-state index contributed by atoms with van der Waals surface area (Å²) in [7, 11) is 0. The van der Waals surface area contributed by atoms with E-state index in [0.29, 0.717) is 25.8 Å². The number of aliphatic imine (C=N–C) groups is 1. The van der Waals surface area contributed by atoms with Gasteiger partial charge in [0.2, 0.25) is 5.91 Å². The zero-order valence-electron chi connectivity index (χ0n) is 14.6. The lowest BCUT2D eigenvalue weighted by Gasteiger charge is -2.12. The van der Waals surface area contributed by atoms with Crippen LogP contribution in [0.4, 0.5) is 4.79 Å². The van der Waals surface area contributed by atoms with Crippen molar-refractivity contribution in [2.75, 3.05) is 6.54 Å². The summed E-state index contributed by atoms with van der Waals surface area (Å²) in [6.07, 6.45) is 2.77. The molecule has 1 aromatic carbocycles. The van der Waals surface area contributed by atoms with Gasteiger partial charge in [0.25, 0.3) is 0 Å². The van der Waals surface area contributed by atoms with E-state index in [1.54, 1.807) is 0 Å². The van der Waals surface area contributed by atoms with Gasteiger partial charge in [0.05, 0.1) is 0 Å². The van der Waals surface area contributed by atoms with Crippen molar-refractivity contribution in [2.24, 2.45) is 22.2 Å². The maximum atomic E-state index is 10.8. The van der Waals surface area contributed by atoms with Gasteiger partial charge < -0.3 is 27.6 Å². The molecule has 0 fully saturated rings. The van der Waals surface area contributed by atoms with Crippen LogP contribution in [0.15, 0.2) is 35.3 Å². The summed E-state index contributed by atoms with van der Waals surface area (Å²) in [5, 5.41) is 10.5. The first-order valence-electron chi connectivity index (χ1n) is 8.24. The topological polar surface area (TPSA) is 157 Å². The smallest absolute Gasteiger partial charge is 0.405 e. The van der Waals surface area contributed by atoms with Gasteiger partial charge >= 0.3 is 6.09 Å². The Morgan fingerprint density at radius 1 is 1.16 bits per heavy atom. The summed E-state index contributed by atoms with van der Waals surface area (Å²) in [6, 6.07) is 9.71. The first-order chi connectivity index (χ1) is 11.9. The van der Waals surface area contributed by atoms with Gasteiger partial charge in [-0.2, -0.15) is 0 Å². The monoisotopic (exact) mass is 351 g/mol. The summed E-state index contributed by atoms with van der Waals surface area (Å²) in [4.78, 5) is 24.9. The number of carboxylic acid groups (broad SMARTS) is 1. The Balaban J connectivity index is 0.000000535. The highest BCUT2D eigenvalue weighted by atomic mass is 16.4. The number of nitrogens with two attached hydrogens (primary N) is 3. The molecule has 0 saturated heterocycles. The molecule has 1 rings (SSSR count). The zero-order valence-corrected chi connectivity index (χ0v) is 14.6. The van der Waals surface area contributed by atoms with E-state index in [1.807, 2.05) is 5.32 Å². The molecule has 25 heavy (non-hydrogen) atoms. The van der Waals surface area contributed by atoms with Gasteiger partial charge in [-0.05, 0) is 31.2 Å². The fraction of sp³-hybridized carbons (Fsp3) is 0.471. The Morgan fingerprint density at radius 2 is 1.80 bits per heavy atom. The van der Waals surface area contributed by atoms with Crippen molar-refractivity contribution >= 4 is 18.0 Å². The minimum atomic E-state index is -1.27. The van der Waals surface area contributed by atoms with Gasteiger partial charge in [-0.15, -0.1) is 0 Å². The summed E-state index contributed by atoms with van der Waals surface area (Å²) < 4.78 is 0. The molecule has 140 valence electrons. The molecule has 0 heterocycles. The van der Waals surface area contributed by atoms with Crippen LogP contribution < -0.4 is 22.5 Å². The van der Waals surface area contributed by atoms with E-state index in [-0.39, 0.29) is 5.96 Å². The van der Waals surface area contributed by atoms with Crippen LogP contribution in [0, 0.1) is 0 Å². The number of nitrogens with zero attached hydrogens (tertiary/aromatic N) is 1. The van der Waals surface area contributed by atoms with Crippen LogP contribution in [0.5, 0.6) is 0 Å². The molecule has 0 bridgehead atoms. The van der Waals surface area contributed by atoms with Gasteiger partial charge in [0, 0.05) is 6.54 Å². The van der Waals surface area contributed by atoms with Gasteiger partial charge in [0.1, 0.15) is 6.04 Å². The second kappa shape index (κ2) is 13.6. The van der Waals surface area contributed by atoms with E-state index >= 15 is 0 Å². The van der Waals surface area contributed by atoms with Crippen LogP contribution in [0.1, 0.15) is 38.2 Å². The summed E-state index contributed by atoms with van der Waals surface area (Å²) in [5.74, 6) is -0.681. The largest absolute Gasteiger partial charge is 0.465 e. The van der Waals surface area contributed by atoms with E-state index in [1.165, 1.54) is 18.4 Å². The zero-order chi connectivity index (χ0) is 19.1. The molecule has 1 aromatic rings. The molecule has 0 radical (unpaired) electrons. The third-order valence-corrected chi connectivity index (χ3v) is 3.22. The number of guanidine groups is 1. The Labute approximate surface area is 148 Å². The van der Waals surface area contributed by atoms with Crippen molar-refractivity contribution in [2.45, 2.75) is 45.1 Å². The summed E-state index contributed by atoms with van der Waals surface area (Å²) >= 11 is 0. The van der Waals surface area contributed by atoms with Crippen molar-refractivity contribution in [3.63, 3.8) is 0 Å². The standard InChI is InChI=1S/C9H12.C8H17N5O3/c1-2-6-9-7-4-3-5-8-9;9-6(14)5(13-8(15)16)3-1-2-4-12-7(10)11/h3-5,7-8H,2,6H2,1H3;5,13H,1-4H2,(H2,9,14)(H,15,16)(H4,10,11,12). The third-order valence-electron chi connectivity index (χ3n) is 3.22. The van der Waals surface area contributed by atoms with Crippen LogP contribution in [-0.2, 0) is 11.2 Å². The van der Waals surface area contributed by atoms with E-state index < -0.39 is 18.0 Å². The van der Waals surface area contributed by atoms with Gasteiger partial charge in [-0.1, -0.05) is 43.7 Å². The number of nitrogens with one attached hydrogen (secondary N) is 1. The maximum Gasteiger partial charge on any atom is 0.405 e. The van der Waals surface area contributed by atoms with Crippen LogP contribution in [-0.4, -0.2) is 35.7 Å². The molecule has 0 aliphatic carbocycles. The lowest BCUT2D eigenvalue weighted by atomic mass is 10.1. The van der Waals surface area contributed by atoms with Crippen molar-refractivity contribution in [3.05, 3.63) is 35.9 Å². The fourth-order valence-electron chi connectivity index (χ4n) is 2.04. The molecule has 8 heteroatoms. The van der Waals surface area contributed by atoms with Crippen LogP contribution in [0.3, 0.4) is 0 Å². The normalized spacial score (nSPS) is 10.8. The molecule has 1 atom stereocenters. The van der Waals surface area contributed by atoms with Gasteiger partial charge in [-0.25, -0.2) is 4.79 Å². The van der Waals surface area contributed by atoms with Crippen molar-refractivity contribution in [3.8, 4) is 0 Å². The average molecular weight is 351 g/mol. The quantitative estimate of drug-likeness (QED) is 0.256. The lowest BCUT2D eigenvalue weighted by Crippen LogP contribution is -2.43. The number of aryl methyl sites for hydroxylation is 1. The first kappa shape index (κ1) is 22.2. The molecule has 0 aromatic heterocycles. The molecule has 0 saturated carbocycles. The Kier molecular flexibility index (Phi) is 12.1. The number of rotatable bonds is 9. The molecule has 8 nitrogen and oxygen atoms in total. The maximum absolute atomic E-state index is 10.8. The van der Waals surface area contributed by atoms with Crippen LogP contribution >= 0.6 is 0 Å². The number of hydrogen-bond acceptors (Lipinski definition) is 3. The van der Waals surface area contributed by atoms with E-state index in [2.05, 4.69) is 42.2 Å². The molecule has 0 spiro atoms. The van der Waals surface area contributed by atoms with E-state index in [9.17, 15) is 9.59 Å². The number of carbonyl (C=O) groups is 2. The van der Waals surface area contributed by atoms with Crippen LogP contribution in [0.25, 0.3) is 0 Å². The Hall–Kier alpha value is -2.77. The highest BCUT2D eigenvalue weighted by molar-refractivity contribution is 5.83. The van der Waals surface area contributed by atoms with Crippen molar-refractivity contribution in [1.29, 1.82) is 0 Å².